The molecule has 2 atom stereocenters. The highest BCUT2D eigenvalue weighted by molar-refractivity contribution is 5.74. The van der Waals surface area contributed by atoms with E-state index in [9.17, 15) is 9.90 Å². The smallest absolute Gasteiger partial charge is 0.315 e. The van der Waals surface area contributed by atoms with Crippen LogP contribution in [-0.4, -0.2) is 49.3 Å². The van der Waals surface area contributed by atoms with E-state index in [-0.39, 0.29) is 24.7 Å². The van der Waals surface area contributed by atoms with Crippen LogP contribution in [0.5, 0.6) is 0 Å². The fraction of sp³-hybridized carbons (Fsp3) is 0.533. The van der Waals surface area contributed by atoms with Crippen LogP contribution in [0.4, 0.5) is 4.79 Å². The number of hydrogen-bond donors (Lipinski definition) is 3. The monoisotopic (exact) mass is 279 g/mol. The van der Waals surface area contributed by atoms with Gasteiger partial charge in [0.1, 0.15) is 0 Å². The zero-order valence-electron chi connectivity index (χ0n) is 12.5. The lowest BCUT2D eigenvalue weighted by atomic mass is 10.1. The van der Waals surface area contributed by atoms with Crippen molar-refractivity contribution in [2.45, 2.75) is 25.4 Å². The molecule has 0 aromatic heterocycles. The minimum Gasteiger partial charge on any atom is -0.394 e. The number of aliphatic hydroxyl groups is 1. The van der Waals surface area contributed by atoms with Gasteiger partial charge in [0.2, 0.25) is 0 Å². The van der Waals surface area contributed by atoms with E-state index in [0.717, 1.165) is 18.5 Å². The molecule has 5 nitrogen and oxygen atoms in total. The standard InChI is InChI=1S/C15H25N3O2/c1-12(9-10-18(2)3)16-15(20)17-14(11-19)13-7-5-4-6-8-13/h4-8,12,14,19H,9-11H2,1-3H3,(H2,16,17,20). The number of carbonyl (C=O) groups is 1. The topological polar surface area (TPSA) is 64.6 Å². The molecule has 1 aromatic carbocycles. The van der Waals surface area contributed by atoms with Gasteiger partial charge in [-0.15, -0.1) is 0 Å². The second-order valence-corrected chi connectivity index (χ2v) is 5.26. The molecule has 112 valence electrons. The molecule has 2 unspecified atom stereocenters. The van der Waals surface area contributed by atoms with Gasteiger partial charge in [-0.1, -0.05) is 30.3 Å². The van der Waals surface area contributed by atoms with Crippen LogP contribution in [0, 0.1) is 0 Å². The van der Waals surface area contributed by atoms with Crippen molar-refractivity contribution in [3.8, 4) is 0 Å². The summed E-state index contributed by atoms with van der Waals surface area (Å²) in [5.74, 6) is 0. The van der Waals surface area contributed by atoms with Crippen LogP contribution >= 0.6 is 0 Å². The molecule has 0 saturated carbocycles. The van der Waals surface area contributed by atoms with E-state index in [1.54, 1.807) is 0 Å². The molecular weight excluding hydrogens is 254 g/mol. The van der Waals surface area contributed by atoms with Crippen LogP contribution in [0.2, 0.25) is 0 Å². The number of aliphatic hydroxyl groups excluding tert-OH is 1. The Hall–Kier alpha value is -1.59. The molecule has 20 heavy (non-hydrogen) atoms. The maximum absolute atomic E-state index is 11.9. The zero-order chi connectivity index (χ0) is 15.0. The van der Waals surface area contributed by atoms with Crippen LogP contribution in [0.25, 0.3) is 0 Å². The van der Waals surface area contributed by atoms with Crippen molar-refractivity contribution in [1.29, 1.82) is 0 Å². The Morgan fingerprint density at radius 1 is 1.25 bits per heavy atom. The Morgan fingerprint density at radius 3 is 2.45 bits per heavy atom. The second-order valence-electron chi connectivity index (χ2n) is 5.26. The summed E-state index contributed by atoms with van der Waals surface area (Å²) in [6.45, 7) is 2.77. The summed E-state index contributed by atoms with van der Waals surface area (Å²) in [6, 6.07) is 8.91. The van der Waals surface area contributed by atoms with Gasteiger partial charge in [0.05, 0.1) is 12.6 Å². The first-order valence-corrected chi connectivity index (χ1v) is 6.90. The normalized spacial score (nSPS) is 13.8. The highest BCUT2D eigenvalue weighted by Gasteiger charge is 2.14. The summed E-state index contributed by atoms with van der Waals surface area (Å²) in [5.41, 5.74) is 0.895. The zero-order valence-corrected chi connectivity index (χ0v) is 12.5. The second kappa shape index (κ2) is 8.55. The Bertz CT molecular complexity index is 395. The van der Waals surface area contributed by atoms with E-state index in [1.807, 2.05) is 51.4 Å². The minimum atomic E-state index is -0.378. The molecule has 0 spiro atoms. The number of nitrogens with one attached hydrogen (secondary N) is 2. The summed E-state index contributed by atoms with van der Waals surface area (Å²) in [4.78, 5) is 14.0. The third-order valence-electron chi connectivity index (χ3n) is 3.08. The summed E-state index contributed by atoms with van der Waals surface area (Å²) >= 11 is 0. The van der Waals surface area contributed by atoms with Crippen molar-refractivity contribution in [3.05, 3.63) is 35.9 Å². The highest BCUT2D eigenvalue weighted by atomic mass is 16.3. The summed E-state index contributed by atoms with van der Waals surface area (Å²) < 4.78 is 0. The van der Waals surface area contributed by atoms with Crippen molar-refractivity contribution in [2.75, 3.05) is 27.2 Å². The predicted octanol–water partition coefficient (Wildman–Crippen LogP) is 1.36. The third-order valence-corrected chi connectivity index (χ3v) is 3.08. The molecule has 0 aliphatic rings. The minimum absolute atomic E-state index is 0.0903. The molecule has 0 heterocycles. The van der Waals surface area contributed by atoms with Crippen LogP contribution in [-0.2, 0) is 0 Å². The average Bonchev–Trinajstić information content (AvgIpc) is 2.43. The van der Waals surface area contributed by atoms with Crippen molar-refractivity contribution in [1.82, 2.24) is 15.5 Å². The number of carbonyl (C=O) groups excluding carboxylic acids is 1. The average molecular weight is 279 g/mol. The van der Waals surface area contributed by atoms with Crippen LogP contribution in [0.1, 0.15) is 24.9 Å². The Kier molecular flexibility index (Phi) is 7.04. The predicted molar refractivity (Wildman–Crippen MR) is 80.6 cm³/mol. The largest absolute Gasteiger partial charge is 0.394 e. The van der Waals surface area contributed by atoms with Gasteiger partial charge in [0, 0.05) is 6.04 Å². The summed E-state index contributed by atoms with van der Waals surface area (Å²) in [7, 11) is 4.01. The Morgan fingerprint density at radius 2 is 1.90 bits per heavy atom. The van der Waals surface area contributed by atoms with Crippen LogP contribution in [0.15, 0.2) is 30.3 Å². The molecule has 1 rings (SSSR count). The number of hydrogen-bond acceptors (Lipinski definition) is 3. The summed E-state index contributed by atoms with van der Waals surface area (Å²) in [5, 5.41) is 15.1. The van der Waals surface area contributed by atoms with Crippen LogP contribution in [0.3, 0.4) is 0 Å². The fourth-order valence-electron chi connectivity index (χ4n) is 1.87. The van der Waals surface area contributed by atoms with Crippen molar-refractivity contribution in [3.63, 3.8) is 0 Å². The molecule has 3 N–H and O–H groups in total. The maximum Gasteiger partial charge on any atom is 0.315 e. The molecule has 0 bridgehead atoms. The van der Waals surface area contributed by atoms with E-state index in [1.165, 1.54) is 0 Å². The first kappa shape index (κ1) is 16.5. The van der Waals surface area contributed by atoms with E-state index >= 15 is 0 Å². The lowest BCUT2D eigenvalue weighted by Crippen LogP contribution is -2.44. The molecule has 0 radical (unpaired) electrons. The van der Waals surface area contributed by atoms with Crippen molar-refractivity contribution >= 4 is 6.03 Å². The first-order chi connectivity index (χ1) is 9.52. The van der Waals surface area contributed by atoms with Gasteiger partial charge in [-0.3, -0.25) is 0 Å². The van der Waals surface area contributed by atoms with Gasteiger partial charge in [-0.05, 0) is 39.5 Å². The van der Waals surface area contributed by atoms with Gasteiger partial charge in [0.15, 0.2) is 0 Å². The SMILES string of the molecule is CC(CCN(C)C)NC(=O)NC(CO)c1ccccc1. The van der Waals surface area contributed by atoms with E-state index in [2.05, 4.69) is 15.5 Å². The Labute approximate surface area is 121 Å². The van der Waals surface area contributed by atoms with E-state index in [4.69, 9.17) is 0 Å². The van der Waals surface area contributed by atoms with Gasteiger partial charge in [-0.2, -0.15) is 0 Å². The third kappa shape index (κ3) is 6.04. The van der Waals surface area contributed by atoms with Crippen molar-refractivity contribution < 1.29 is 9.90 Å². The number of urea groups is 1. The lowest BCUT2D eigenvalue weighted by Gasteiger charge is -2.20. The number of rotatable bonds is 7. The maximum atomic E-state index is 11.9. The van der Waals surface area contributed by atoms with Gasteiger partial charge in [0.25, 0.3) is 0 Å². The lowest BCUT2D eigenvalue weighted by molar-refractivity contribution is 0.213. The fourth-order valence-corrected chi connectivity index (χ4v) is 1.87. The number of amides is 2. The van der Waals surface area contributed by atoms with Crippen LogP contribution < -0.4 is 10.6 Å². The molecule has 5 heteroatoms. The molecule has 0 saturated heterocycles. The Balaban J connectivity index is 2.44. The molecule has 1 aromatic rings. The van der Waals surface area contributed by atoms with Gasteiger partial charge >= 0.3 is 6.03 Å². The summed E-state index contributed by atoms with van der Waals surface area (Å²) in [6.07, 6.45) is 0.884. The van der Waals surface area contributed by atoms with Gasteiger partial charge in [-0.25, -0.2) is 4.79 Å². The van der Waals surface area contributed by atoms with E-state index in [0.29, 0.717) is 0 Å². The molecule has 0 aliphatic carbocycles. The molecular formula is C15H25N3O2. The highest BCUT2D eigenvalue weighted by Crippen LogP contribution is 2.11. The molecule has 0 aliphatic heterocycles. The molecule has 0 fully saturated rings. The quantitative estimate of drug-likeness (QED) is 0.706. The first-order valence-electron chi connectivity index (χ1n) is 6.90. The number of benzene rings is 1. The van der Waals surface area contributed by atoms with E-state index < -0.39 is 0 Å². The number of nitrogens with zero attached hydrogens (tertiary/aromatic N) is 1. The molecule has 2 amide bonds. The van der Waals surface area contributed by atoms with Crippen molar-refractivity contribution in [2.24, 2.45) is 0 Å². The van der Waals surface area contributed by atoms with Gasteiger partial charge < -0.3 is 20.6 Å².